The van der Waals surface area contributed by atoms with Crippen molar-refractivity contribution in [2.75, 3.05) is 19.0 Å². The van der Waals surface area contributed by atoms with E-state index in [1.807, 2.05) is 0 Å². The third-order valence-electron chi connectivity index (χ3n) is 3.87. The molecule has 17 heavy (non-hydrogen) atoms. The van der Waals surface area contributed by atoms with Gasteiger partial charge in [0, 0.05) is 25.8 Å². The molecule has 0 unspecified atom stereocenters. The van der Waals surface area contributed by atoms with Crippen LogP contribution in [0.2, 0.25) is 0 Å². The Kier molecular flexibility index (Phi) is 4.06. The SMILES string of the molecule is CN(C)c1ccccc1CC1CCC(N)CC1. The Labute approximate surface area is 105 Å². The number of nitrogens with two attached hydrogens (primary N) is 1. The minimum absolute atomic E-state index is 0.454. The van der Waals surface area contributed by atoms with Gasteiger partial charge < -0.3 is 10.6 Å². The molecule has 2 N–H and O–H groups in total. The van der Waals surface area contributed by atoms with Crippen LogP contribution < -0.4 is 10.6 Å². The van der Waals surface area contributed by atoms with Gasteiger partial charge in [0.1, 0.15) is 0 Å². The van der Waals surface area contributed by atoms with Gasteiger partial charge in [0.25, 0.3) is 0 Å². The highest BCUT2D eigenvalue weighted by Crippen LogP contribution is 2.29. The van der Waals surface area contributed by atoms with Gasteiger partial charge in [-0.05, 0) is 49.7 Å². The fourth-order valence-corrected chi connectivity index (χ4v) is 2.82. The monoisotopic (exact) mass is 232 g/mol. The molecule has 0 heterocycles. The zero-order chi connectivity index (χ0) is 12.3. The fraction of sp³-hybridized carbons (Fsp3) is 0.600. The van der Waals surface area contributed by atoms with E-state index in [0.29, 0.717) is 6.04 Å². The molecule has 0 saturated heterocycles. The Bertz CT molecular complexity index is 352. The Balaban J connectivity index is 2.03. The van der Waals surface area contributed by atoms with E-state index in [0.717, 1.165) is 5.92 Å². The molecule has 0 spiro atoms. The van der Waals surface area contributed by atoms with E-state index in [1.54, 1.807) is 0 Å². The fourth-order valence-electron chi connectivity index (χ4n) is 2.82. The van der Waals surface area contributed by atoms with Crippen molar-refractivity contribution in [2.24, 2.45) is 11.7 Å². The topological polar surface area (TPSA) is 29.3 Å². The summed E-state index contributed by atoms with van der Waals surface area (Å²) in [6, 6.07) is 9.20. The minimum atomic E-state index is 0.454. The first kappa shape index (κ1) is 12.4. The minimum Gasteiger partial charge on any atom is -0.377 e. The van der Waals surface area contributed by atoms with E-state index in [4.69, 9.17) is 5.73 Å². The molecule has 0 aromatic heterocycles. The van der Waals surface area contributed by atoms with Crippen LogP contribution in [-0.2, 0) is 6.42 Å². The first-order chi connectivity index (χ1) is 8.16. The van der Waals surface area contributed by atoms with Crippen molar-refractivity contribution in [3.63, 3.8) is 0 Å². The molecule has 0 aliphatic heterocycles. The average Bonchev–Trinajstić information content (AvgIpc) is 2.32. The van der Waals surface area contributed by atoms with Crippen LogP contribution in [0, 0.1) is 5.92 Å². The predicted molar refractivity (Wildman–Crippen MR) is 74.4 cm³/mol. The Morgan fingerprint density at radius 2 is 1.76 bits per heavy atom. The van der Waals surface area contributed by atoms with Crippen LogP contribution >= 0.6 is 0 Å². The molecule has 1 saturated carbocycles. The second-order valence-electron chi connectivity index (χ2n) is 5.51. The van der Waals surface area contributed by atoms with Crippen molar-refractivity contribution in [2.45, 2.75) is 38.1 Å². The zero-order valence-electron chi connectivity index (χ0n) is 11.0. The van der Waals surface area contributed by atoms with Crippen molar-refractivity contribution < 1.29 is 0 Å². The van der Waals surface area contributed by atoms with Crippen LogP contribution in [0.3, 0.4) is 0 Å². The molecule has 2 rings (SSSR count). The number of hydrogen-bond acceptors (Lipinski definition) is 2. The molecule has 0 amide bonds. The van der Waals surface area contributed by atoms with Gasteiger partial charge in [-0.3, -0.25) is 0 Å². The summed E-state index contributed by atoms with van der Waals surface area (Å²) >= 11 is 0. The maximum Gasteiger partial charge on any atom is 0.0393 e. The van der Waals surface area contributed by atoms with Crippen LogP contribution in [0.4, 0.5) is 5.69 Å². The molecule has 0 bridgehead atoms. The maximum atomic E-state index is 5.96. The largest absolute Gasteiger partial charge is 0.377 e. The van der Waals surface area contributed by atoms with Crippen molar-refractivity contribution in [1.82, 2.24) is 0 Å². The highest BCUT2D eigenvalue weighted by atomic mass is 15.1. The summed E-state index contributed by atoms with van der Waals surface area (Å²) in [4.78, 5) is 2.21. The highest BCUT2D eigenvalue weighted by molar-refractivity contribution is 5.52. The molecule has 94 valence electrons. The molecule has 1 aliphatic rings. The molecule has 1 aliphatic carbocycles. The Hall–Kier alpha value is -1.02. The summed E-state index contributed by atoms with van der Waals surface area (Å²) in [7, 11) is 4.24. The number of rotatable bonds is 3. The molecular formula is C15H24N2. The van der Waals surface area contributed by atoms with Crippen LogP contribution in [0.1, 0.15) is 31.2 Å². The molecular weight excluding hydrogens is 208 g/mol. The zero-order valence-corrected chi connectivity index (χ0v) is 11.0. The van der Waals surface area contributed by atoms with E-state index in [-0.39, 0.29) is 0 Å². The summed E-state index contributed by atoms with van der Waals surface area (Å²) in [5.41, 5.74) is 8.81. The van der Waals surface area contributed by atoms with Gasteiger partial charge in [-0.15, -0.1) is 0 Å². The molecule has 1 fully saturated rings. The summed E-state index contributed by atoms with van der Waals surface area (Å²) < 4.78 is 0. The van der Waals surface area contributed by atoms with Gasteiger partial charge >= 0.3 is 0 Å². The third-order valence-corrected chi connectivity index (χ3v) is 3.87. The van der Waals surface area contributed by atoms with Gasteiger partial charge in [-0.2, -0.15) is 0 Å². The number of anilines is 1. The first-order valence-electron chi connectivity index (χ1n) is 6.67. The van der Waals surface area contributed by atoms with E-state index < -0.39 is 0 Å². The summed E-state index contributed by atoms with van der Waals surface area (Å²) in [6.45, 7) is 0. The van der Waals surface area contributed by atoms with E-state index in [2.05, 4.69) is 43.3 Å². The summed E-state index contributed by atoms with van der Waals surface area (Å²) in [6.07, 6.45) is 6.20. The molecule has 1 aromatic carbocycles. The number of nitrogens with zero attached hydrogens (tertiary/aromatic N) is 1. The van der Waals surface area contributed by atoms with Gasteiger partial charge in [0.15, 0.2) is 0 Å². The van der Waals surface area contributed by atoms with Gasteiger partial charge in [-0.25, -0.2) is 0 Å². The predicted octanol–water partition coefficient (Wildman–Crippen LogP) is 2.81. The van der Waals surface area contributed by atoms with E-state index >= 15 is 0 Å². The lowest BCUT2D eigenvalue weighted by Crippen LogP contribution is -2.27. The van der Waals surface area contributed by atoms with Gasteiger partial charge in [-0.1, -0.05) is 18.2 Å². The van der Waals surface area contributed by atoms with Crippen LogP contribution in [0.25, 0.3) is 0 Å². The summed E-state index contributed by atoms with van der Waals surface area (Å²) in [5, 5.41) is 0. The van der Waals surface area contributed by atoms with Crippen LogP contribution in [0.5, 0.6) is 0 Å². The Morgan fingerprint density at radius 3 is 2.41 bits per heavy atom. The lowest BCUT2D eigenvalue weighted by atomic mass is 9.82. The molecule has 0 radical (unpaired) electrons. The molecule has 2 nitrogen and oxygen atoms in total. The molecule has 0 atom stereocenters. The van der Waals surface area contributed by atoms with Gasteiger partial charge in [0.05, 0.1) is 0 Å². The smallest absolute Gasteiger partial charge is 0.0393 e. The van der Waals surface area contributed by atoms with Crippen molar-refractivity contribution in [3.05, 3.63) is 29.8 Å². The maximum absolute atomic E-state index is 5.96. The standard InChI is InChI=1S/C15H24N2/c1-17(2)15-6-4-3-5-13(15)11-12-7-9-14(16)10-8-12/h3-6,12,14H,7-11,16H2,1-2H3. The van der Waals surface area contributed by atoms with Gasteiger partial charge in [0.2, 0.25) is 0 Å². The van der Waals surface area contributed by atoms with Crippen molar-refractivity contribution in [1.29, 1.82) is 0 Å². The average molecular weight is 232 g/mol. The van der Waals surface area contributed by atoms with Crippen LogP contribution in [0.15, 0.2) is 24.3 Å². The number of para-hydroxylation sites is 1. The number of hydrogen-bond donors (Lipinski definition) is 1. The second kappa shape index (κ2) is 5.54. The highest BCUT2D eigenvalue weighted by Gasteiger charge is 2.19. The second-order valence-corrected chi connectivity index (χ2v) is 5.51. The third kappa shape index (κ3) is 3.22. The quantitative estimate of drug-likeness (QED) is 0.868. The lowest BCUT2D eigenvalue weighted by Gasteiger charge is -2.27. The molecule has 1 aromatic rings. The van der Waals surface area contributed by atoms with Crippen molar-refractivity contribution in [3.8, 4) is 0 Å². The number of benzene rings is 1. The summed E-state index contributed by atoms with van der Waals surface area (Å²) in [5.74, 6) is 0.830. The molecule has 2 heteroatoms. The normalized spacial score (nSPS) is 24.6. The first-order valence-corrected chi connectivity index (χ1v) is 6.67. The lowest BCUT2D eigenvalue weighted by molar-refractivity contribution is 0.325. The van der Waals surface area contributed by atoms with E-state index in [1.165, 1.54) is 43.4 Å². The Morgan fingerprint density at radius 1 is 1.12 bits per heavy atom. The van der Waals surface area contributed by atoms with Crippen LogP contribution in [-0.4, -0.2) is 20.1 Å². The van der Waals surface area contributed by atoms with E-state index in [9.17, 15) is 0 Å². The van der Waals surface area contributed by atoms with Crippen molar-refractivity contribution >= 4 is 5.69 Å².